The molecule has 3 rings (SSSR count). The summed E-state index contributed by atoms with van der Waals surface area (Å²) in [7, 11) is -2.52. The predicted molar refractivity (Wildman–Crippen MR) is 122 cm³/mol. The summed E-state index contributed by atoms with van der Waals surface area (Å²) in [6, 6.07) is 19.5. The molecule has 0 spiro atoms. The van der Waals surface area contributed by atoms with E-state index in [1.165, 1.54) is 0 Å². The van der Waals surface area contributed by atoms with Crippen LogP contribution < -0.4 is 9.42 Å². The van der Waals surface area contributed by atoms with Gasteiger partial charge in [0.05, 0.1) is 5.02 Å². The van der Waals surface area contributed by atoms with Gasteiger partial charge < -0.3 is 9.63 Å². The van der Waals surface area contributed by atoms with Crippen LogP contribution >= 0.6 is 31.5 Å². The van der Waals surface area contributed by atoms with Gasteiger partial charge in [0.1, 0.15) is 6.61 Å². The number of nitrogens with zero attached hydrogens (tertiary/aromatic N) is 1. The van der Waals surface area contributed by atoms with Crippen molar-refractivity contribution in [3.8, 4) is 5.75 Å². The van der Waals surface area contributed by atoms with Crippen LogP contribution in [0, 0.1) is 0 Å². The summed E-state index contributed by atoms with van der Waals surface area (Å²) in [5.41, 5.74) is 0.873. The summed E-state index contributed by atoms with van der Waals surface area (Å²) in [6.07, 6.45) is 2.33. The Morgan fingerprint density at radius 2 is 1.87 bits per heavy atom. The van der Waals surface area contributed by atoms with Crippen LogP contribution in [0.3, 0.4) is 0 Å². The van der Waals surface area contributed by atoms with Gasteiger partial charge >= 0.3 is 14.1 Å². The van der Waals surface area contributed by atoms with Gasteiger partial charge in [-0.3, -0.25) is 4.52 Å². The van der Waals surface area contributed by atoms with E-state index in [1.54, 1.807) is 17.8 Å². The third kappa shape index (κ3) is 6.19. The topological polar surface area (TPSA) is 71.0 Å². The van der Waals surface area contributed by atoms with Gasteiger partial charge in [0.25, 0.3) is 0 Å². The Hall–Kier alpha value is -2.11. The highest BCUT2D eigenvalue weighted by atomic mass is 35.5. The number of carbonyl (C=O) groups is 1. The lowest BCUT2D eigenvalue weighted by molar-refractivity contribution is -0.169. The van der Waals surface area contributed by atoms with Crippen LogP contribution in [0.5, 0.6) is 5.75 Å². The molecule has 3 aromatic carbocycles. The van der Waals surface area contributed by atoms with Crippen molar-refractivity contribution in [3.63, 3.8) is 0 Å². The highest BCUT2D eigenvalue weighted by Crippen LogP contribution is 2.38. The molecule has 2 unspecified atom stereocenters. The Balaban J connectivity index is 1.76. The van der Waals surface area contributed by atoms with E-state index in [2.05, 4.69) is 4.74 Å². The molecule has 0 aliphatic carbocycles. The van der Waals surface area contributed by atoms with Crippen LogP contribution in [-0.4, -0.2) is 24.0 Å². The Morgan fingerprint density at radius 1 is 1.13 bits per heavy atom. The molecule has 8 heteroatoms. The molecule has 30 heavy (non-hydrogen) atoms. The number of hydrogen-bond acceptors (Lipinski definition) is 6. The number of thioether (sulfide) groups is 1. The second-order valence-corrected chi connectivity index (χ2v) is 8.71. The fraction of sp³-hybridized carbons (Fsp3) is 0.227. The van der Waals surface area contributed by atoms with Crippen molar-refractivity contribution in [2.45, 2.75) is 19.1 Å². The molecule has 5 nitrogen and oxygen atoms in total. The number of ether oxygens (including phenoxy) is 1. The SMILES string of the molecule is CSCCC(/N=[P+](\[O-])Oc1c(Cl)ccc2ccccc12)C(=O)OCc1ccccc1. The normalized spacial score (nSPS) is 12.6. The monoisotopic (exact) mass is 461 g/mol. The fourth-order valence-electron chi connectivity index (χ4n) is 2.80. The van der Waals surface area contributed by atoms with Crippen LogP contribution in [0.2, 0.25) is 5.02 Å². The fourth-order valence-corrected chi connectivity index (χ4v) is 4.36. The van der Waals surface area contributed by atoms with Gasteiger partial charge in [-0.05, 0) is 35.4 Å². The van der Waals surface area contributed by atoms with Gasteiger partial charge in [-0.15, -0.1) is 0 Å². The molecule has 156 valence electrons. The minimum absolute atomic E-state index is 0.137. The molecule has 0 aliphatic heterocycles. The van der Waals surface area contributed by atoms with E-state index < -0.39 is 20.2 Å². The average molecular weight is 462 g/mol. The van der Waals surface area contributed by atoms with E-state index in [1.807, 2.05) is 66.9 Å². The third-order valence-corrected chi connectivity index (χ3v) is 6.07. The first-order chi connectivity index (χ1) is 14.6. The summed E-state index contributed by atoms with van der Waals surface area (Å²) in [6.45, 7) is 0.137. The zero-order chi connectivity index (χ0) is 21.3. The van der Waals surface area contributed by atoms with Gasteiger partial charge in [0, 0.05) is 5.39 Å². The van der Waals surface area contributed by atoms with Crippen LogP contribution in [0.15, 0.2) is 71.5 Å². The minimum Gasteiger partial charge on any atom is -0.575 e. The van der Waals surface area contributed by atoms with Gasteiger partial charge in [0.15, 0.2) is 6.04 Å². The Labute approximate surface area is 186 Å². The lowest BCUT2D eigenvalue weighted by Crippen LogP contribution is -2.22. The number of rotatable bonds is 9. The maximum absolute atomic E-state index is 12.6. The van der Waals surface area contributed by atoms with Gasteiger partial charge in [-0.1, -0.05) is 77.0 Å². The van der Waals surface area contributed by atoms with Crippen molar-refractivity contribution in [2.75, 3.05) is 12.0 Å². The standard InChI is InChI=1S/C22H21ClNO4PS/c1-30-14-13-20(22(25)27-15-16-7-3-2-4-8-16)24-29(26)28-21-18-10-6-5-9-17(18)11-12-19(21)23/h2-12,20H,13-15H2,1H3. The van der Waals surface area contributed by atoms with Crippen molar-refractivity contribution < 1.29 is 18.9 Å². The van der Waals surface area contributed by atoms with Crippen LogP contribution in [0.4, 0.5) is 0 Å². The van der Waals surface area contributed by atoms with Crippen molar-refractivity contribution in [2.24, 2.45) is 4.74 Å². The largest absolute Gasteiger partial charge is 0.575 e. The molecule has 0 heterocycles. The average Bonchev–Trinajstić information content (AvgIpc) is 2.77. The van der Waals surface area contributed by atoms with Crippen LogP contribution in [-0.2, 0) is 16.1 Å². The van der Waals surface area contributed by atoms with E-state index in [0.717, 1.165) is 16.3 Å². The molecule has 3 aromatic rings. The first-order valence-electron chi connectivity index (χ1n) is 9.31. The molecule has 0 bridgehead atoms. The molecule has 0 radical (unpaired) electrons. The molecule has 0 aliphatic rings. The number of halogens is 1. The van der Waals surface area contributed by atoms with Crippen molar-refractivity contribution >= 4 is 48.3 Å². The van der Waals surface area contributed by atoms with Crippen LogP contribution in [0.25, 0.3) is 10.8 Å². The van der Waals surface area contributed by atoms with Crippen molar-refractivity contribution in [1.29, 1.82) is 0 Å². The summed E-state index contributed by atoms with van der Waals surface area (Å²) >= 11 is 7.83. The van der Waals surface area contributed by atoms with Gasteiger partial charge in [-0.2, -0.15) is 11.8 Å². The highest BCUT2D eigenvalue weighted by Gasteiger charge is 2.24. The van der Waals surface area contributed by atoms with Crippen molar-refractivity contribution in [3.05, 3.63) is 77.3 Å². The lowest BCUT2D eigenvalue weighted by atomic mass is 10.1. The van der Waals surface area contributed by atoms with Gasteiger partial charge in [0.2, 0.25) is 5.75 Å². The lowest BCUT2D eigenvalue weighted by Gasteiger charge is -2.11. The number of carbonyl (C=O) groups excluding carboxylic acids is 1. The summed E-state index contributed by atoms with van der Waals surface area (Å²) in [4.78, 5) is 25.2. The second kappa shape index (κ2) is 11.3. The number of benzene rings is 3. The summed E-state index contributed by atoms with van der Waals surface area (Å²) in [5.74, 6) is 0.442. The Bertz CT molecular complexity index is 1030. The summed E-state index contributed by atoms with van der Waals surface area (Å²) in [5, 5.41) is 1.97. The predicted octanol–water partition coefficient (Wildman–Crippen LogP) is 5.59. The first-order valence-corrected chi connectivity index (χ1v) is 12.2. The Morgan fingerprint density at radius 3 is 2.63 bits per heavy atom. The molecular weight excluding hydrogens is 441 g/mol. The molecule has 0 aromatic heterocycles. The summed E-state index contributed by atoms with van der Waals surface area (Å²) < 4.78 is 15.1. The maximum atomic E-state index is 12.6. The third-order valence-electron chi connectivity index (χ3n) is 4.33. The van der Waals surface area contributed by atoms with E-state index in [9.17, 15) is 9.69 Å². The number of fused-ring (bicyclic) bond motifs is 1. The van der Waals surface area contributed by atoms with Crippen molar-refractivity contribution in [1.82, 2.24) is 0 Å². The van der Waals surface area contributed by atoms with Crippen LogP contribution in [0.1, 0.15) is 12.0 Å². The maximum Gasteiger partial charge on any atom is 0.395 e. The van der Waals surface area contributed by atoms with E-state index in [0.29, 0.717) is 22.9 Å². The zero-order valence-corrected chi connectivity index (χ0v) is 18.8. The van der Waals surface area contributed by atoms with Gasteiger partial charge in [-0.25, -0.2) is 4.79 Å². The molecule has 0 saturated carbocycles. The van der Waals surface area contributed by atoms with E-state index in [4.69, 9.17) is 20.9 Å². The Kier molecular flexibility index (Phi) is 8.52. The smallest absolute Gasteiger partial charge is 0.395 e. The quantitative estimate of drug-likeness (QED) is 0.306. The number of hydrogen-bond donors (Lipinski definition) is 0. The van der Waals surface area contributed by atoms with E-state index in [-0.39, 0.29) is 6.61 Å². The highest BCUT2D eigenvalue weighted by molar-refractivity contribution is 7.98. The second-order valence-electron chi connectivity index (χ2n) is 6.43. The molecule has 0 N–H and O–H groups in total. The molecule has 0 saturated heterocycles. The zero-order valence-electron chi connectivity index (χ0n) is 16.4. The molecule has 2 atom stereocenters. The minimum atomic E-state index is -2.52. The van der Waals surface area contributed by atoms with E-state index >= 15 is 0 Å². The molecular formula is C22H21ClNO4PS. The molecule has 0 amide bonds. The number of esters is 1. The molecule has 0 fully saturated rings. The first kappa shape index (κ1) is 22.6.